The number of anilines is 1. The van der Waals surface area contributed by atoms with Gasteiger partial charge in [0.05, 0.1) is 24.9 Å². The molecule has 2 heterocycles. The summed E-state index contributed by atoms with van der Waals surface area (Å²) in [5.74, 6) is 0.348. The number of hydrogen-bond acceptors (Lipinski definition) is 4. The lowest BCUT2D eigenvalue weighted by Crippen LogP contribution is -2.37. The van der Waals surface area contributed by atoms with Crippen molar-refractivity contribution in [1.82, 2.24) is 4.98 Å². The summed E-state index contributed by atoms with van der Waals surface area (Å²) in [5, 5.41) is 8.68. The zero-order valence-electron chi connectivity index (χ0n) is 10.9. The molecule has 0 saturated carbocycles. The Balaban J connectivity index is 1.97. The second kappa shape index (κ2) is 6.41. The number of halogens is 3. The second-order valence-corrected chi connectivity index (χ2v) is 4.68. The number of nitrogens with zero attached hydrogens (tertiary/aromatic N) is 2. The van der Waals surface area contributed by atoms with Crippen LogP contribution in [0.3, 0.4) is 0 Å². The van der Waals surface area contributed by atoms with E-state index in [4.69, 9.17) is 9.84 Å². The molecule has 0 unspecified atom stereocenters. The molecule has 1 aromatic rings. The first-order chi connectivity index (χ1) is 9.50. The Morgan fingerprint density at radius 3 is 2.65 bits per heavy atom. The van der Waals surface area contributed by atoms with E-state index in [0.29, 0.717) is 25.5 Å². The number of ether oxygens (including phenoxy) is 1. The van der Waals surface area contributed by atoms with E-state index in [2.05, 4.69) is 4.98 Å². The molecule has 2 rings (SSSR count). The van der Waals surface area contributed by atoms with Gasteiger partial charge in [-0.05, 0) is 25.0 Å². The molecule has 20 heavy (non-hydrogen) atoms. The highest BCUT2D eigenvalue weighted by Gasteiger charge is 2.31. The minimum absolute atomic E-state index is 0.0185. The van der Waals surface area contributed by atoms with Gasteiger partial charge in [0.1, 0.15) is 5.82 Å². The molecule has 0 radical (unpaired) electrons. The third-order valence-corrected chi connectivity index (χ3v) is 3.28. The summed E-state index contributed by atoms with van der Waals surface area (Å²) >= 11 is 0. The van der Waals surface area contributed by atoms with E-state index in [0.717, 1.165) is 25.0 Å². The molecule has 0 amide bonds. The first kappa shape index (κ1) is 15.1. The van der Waals surface area contributed by atoms with Crippen molar-refractivity contribution in [3.05, 3.63) is 23.9 Å². The van der Waals surface area contributed by atoms with Crippen LogP contribution in [-0.4, -0.2) is 42.5 Å². The number of alkyl halides is 3. The highest BCUT2D eigenvalue weighted by atomic mass is 19.4. The molecule has 112 valence electrons. The van der Waals surface area contributed by atoms with Crippen molar-refractivity contribution in [2.24, 2.45) is 0 Å². The smallest absolute Gasteiger partial charge is 0.394 e. The van der Waals surface area contributed by atoms with Crippen LogP contribution in [0.2, 0.25) is 0 Å². The van der Waals surface area contributed by atoms with Crippen molar-refractivity contribution < 1.29 is 23.0 Å². The summed E-state index contributed by atoms with van der Waals surface area (Å²) in [6.45, 7) is 1.48. The van der Waals surface area contributed by atoms with E-state index in [-0.39, 0.29) is 12.7 Å². The minimum Gasteiger partial charge on any atom is -0.394 e. The van der Waals surface area contributed by atoms with Crippen LogP contribution in [0, 0.1) is 0 Å². The topological polar surface area (TPSA) is 45.6 Å². The van der Waals surface area contributed by atoms with Gasteiger partial charge in [-0.25, -0.2) is 4.98 Å². The van der Waals surface area contributed by atoms with E-state index in [1.54, 1.807) is 0 Å². The molecule has 1 saturated heterocycles. The van der Waals surface area contributed by atoms with Gasteiger partial charge in [-0.2, -0.15) is 13.2 Å². The molecular weight excluding hydrogens is 273 g/mol. The van der Waals surface area contributed by atoms with Crippen molar-refractivity contribution in [1.29, 1.82) is 0 Å². The average molecular weight is 290 g/mol. The Labute approximate surface area is 115 Å². The third kappa shape index (κ3) is 3.83. The molecule has 0 aliphatic carbocycles. The van der Waals surface area contributed by atoms with Crippen molar-refractivity contribution in [3.8, 4) is 0 Å². The molecule has 0 bridgehead atoms. The van der Waals surface area contributed by atoms with Gasteiger partial charge < -0.3 is 14.7 Å². The minimum atomic E-state index is -4.35. The van der Waals surface area contributed by atoms with Crippen LogP contribution in [-0.2, 0) is 10.9 Å². The Bertz CT molecular complexity index is 432. The van der Waals surface area contributed by atoms with Crippen LogP contribution in [0.5, 0.6) is 0 Å². The fourth-order valence-corrected chi connectivity index (χ4v) is 2.24. The second-order valence-electron chi connectivity index (χ2n) is 4.68. The van der Waals surface area contributed by atoms with Crippen molar-refractivity contribution in [3.63, 3.8) is 0 Å². The van der Waals surface area contributed by atoms with Crippen molar-refractivity contribution in [2.45, 2.75) is 25.1 Å². The molecule has 0 spiro atoms. The highest BCUT2D eigenvalue weighted by molar-refractivity contribution is 5.42. The molecule has 0 atom stereocenters. The quantitative estimate of drug-likeness (QED) is 0.922. The SMILES string of the molecule is OCCOC1CCN(c2cc(C(F)(F)F)ccn2)CC1. The molecule has 1 aromatic heterocycles. The summed E-state index contributed by atoms with van der Waals surface area (Å²) in [7, 11) is 0. The maximum atomic E-state index is 12.6. The first-order valence-corrected chi connectivity index (χ1v) is 6.51. The van der Waals surface area contributed by atoms with Gasteiger partial charge in [0, 0.05) is 19.3 Å². The summed E-state index contributed by atoms with van der Waals surface area (Å²) in [6, 6.07) is 2.05. The number of pyridine rings is 1. The molecule has 0 aromatic carbocycles. The van der Waals surface area contributed by atoms with Crippen LogP contribution < -0.4 is 4.90 Å². The van der Waals surface area contributed by atoms with Gasteiger partial charge in [-0.15, -0.1) is 0 Å². The zero-order chi connectivity index (χ0) is 14.6. The molecule has 1 fully saturated rings. The summed E-state index contributed by atoms with van der Waals surface area (Å²) in [5.41, 5.74) is -0.679. The summed E-state index contributed by atoms with van der Waals surface area (Å²) < 4.78 is 43.4. The molecule has 1 N–H and O–H groups in total. The van der Waals surface area contributed by atoms with Crippen LogP contribution in [0.25, 0.3) is 0 Å². The summed E-state index contributed by atoms with van der Waals surface area (Å²) in [6.07, 6.45) is -1.66. The molecule has 1 aliphatic heterocycles. The van der Waals surface area contributed by atoms with Crippen LogP contribution >= 0.6 is 0 Å². The number of aliphatic hydroxyl groups excluding tert-OH is 1. The monoisotopic (exact) mass is 290 g/mol. The maximum Gasteiger partial charge on any atom is 0.416 e. The van der Waals surface area contributed by atoms with E-state index in [1.807, 2.05) is 4.90 Å². The lowest BCUT2D eigenvalue weighted by molar-refractivity contribution is -0.137. The third-order valence-electron chi connectivity index (χ3n) is 3.28. The molecule has 1 aliphatic rings. The van der Waals surface area contributed by atoms with E-state index < -0.39 is 11.7 Å². The van der Waals surface area contributed by atoms with Gasteiger partial charge in [0.15, 0.2) is 0 Å². The zero-order valence-corrected chi connectivity index (χ0v) is 10.9. The number of aromatic nitrogens is 1. The van der Waals surface area contributed by atoms with Gasteiger partial charge in [-0.1, -0.05) is 0 Å². The predicted molar refractivity (Wildman–Crippen MR) is 67.5 cm³/mol. The van der Waals surface area contributed by atoms with Crippen LogP contribution in [0.1, 0.15) is 18.4 Å². The average Bonchev–Trinajstić information content (AvgIpc) is 2.45. The van der Waals surface area contributed by atoms with Gasteiger partial charge in [-0.3, -0.25) is 0 Å². The van der Waals surface area contributed by atoms with Gasteiger partial charge >= 0.3 is 6.18 Å². The Kier molecular flexibility index (Phi) is 4.82. The number of hydrogen-bond donors (Lipinski definition) is 1. The lowest BCUT2D eigenvalue weighted by atomic mass is 10.1. The van der Waals surface area contributed by atoms with E-state index in [1.165, 1.54) is 6.20 Å². The fourth-order valence-electron chi connectivity index (χ4n) is 2.24. The fraction of sp³-hybridized carbons (Fsp3) is 0.615. The number of aliphatic hydroxyl groups is 1. The number of piperidine rings is 1. The van der Waals surface area contributed by atoms with E-state index >= 15 is 0 Å². The van der Waals surface area contributed by atoms with Crippen LogP contribution in [0.15, 0.2) is 18.3 Å². The maximum absolute atomic E-state index is 12.6. The predicted octanol–water partition coefficient (Wildman–Crippen LogP) is 2.08. The first-order valence-electron chi connectivity index (χ1n) is 6.51. The van der Waals surface area contributed by atoms with Crippen LogP contribution in [0.4, 0.5) is 19.0 Å². The van der Waals surface area contributed by atoms with Gasteiger partial charge in [0.2, 0.25) is 0 Å². The standard InChI is InChI=1S/C13H17F3N2O2/c14-13(15,16)10-1-4-17-12(9-10)18-5-2-11(3-6-18)20-8-7-19/h1,4,9,11,19H,2-3,5-8H2. The van der Waals surface area contributed by atoms with E-state index in [9.17, 15) is 13.2 Å². The highest BCUT2D eigenvalue weighted by Crippen LogP contribution is 2.31. The van der Waals surface area contributed by atoms with Crippen molar-refractivity contribution in [2.75, 3.05) is 31.2 Å². The molecule has 7 heteroatoms. The normalized spacial score (nSPS) is 17.5. The van der Waals surface area contributed by atoms with Crippen molar-refractivity contribution >= 4 is 5.82 Å². The summed E-state index contributed by atoms with van der Waals surface area (Å²) in [4.78, 5) is 5.84. The lowest BCUT2D eigenvalue weighted by Gasteiger charge is -2.32. The molecular formula is C13H17F3N2O2. The van der Waals surface area contributed by atoms with Gasteiger partial charge in [0.25, 0.3) is 0 Å². The largest absolute Gasteiger partial charge is 0.416 e. The molecule has 4 nitrogen and oxygen atoms in total. The number of rotatable bonds is 4. The Morgan fingerprint density at radius 2 is 2.05 bits per heavy atom. The Hall–Kier alpha value is -1.34. The Morgan fingerprint density at radius 1 is 1.35 bits per heavy atom.